The van der Waals surface area contributed by atoms with Crippen LogP contribution in [0.15, 0.2) is 77.3 Å². The Morgan fingerprint density at radius 3 is 2.39 bits per heavy atom. The molecule has 4 rings (SSSR count). The van der Waals surface area contributed by atoms with Crippen LogP contribution < -0.4 is 14.8 Å². The van der Waals surface area contributed by atoms with Gasteiger partial charge in [-0.15, -0.1) is 0 Å². The smallest absolute Gasteiger partial charge is 0.311 e. The molecule has 9 nitrogen and oxygen atoms in total. The van der Waals surface area contributed by atoms with Crippen molar-refractivity contribution in [3.8, 4) is 11.5 Å². The molecule has 0 aromatic heterocycles. The van der Waals surface area contributed by atoms with Crippen LogP contribution in [0.25, 0.3) is 0 Å². The van der Waals surface area contributed by atoms with Crippen molar-refractivity contribution in [3.05, 3.63) is 98.5 Å². The van der Waals surface area contributed by atoms with Gasteiger partial charge in [-0.3, -0.25) is 19.7 Å². The van der Waals surface area contributed by atoms with Crippen LogP contribution in [-0.2, 0) is 22.6 Å². The van der Waals surface area contributed by atoms with Gasteiger partial charge in [-0.2, -0.15) is 0 Å². The predicted octanol–water partition coefficient (Wildman–Crippen LogP) is 5.83. The average Bonchev–Trinajstić information content (AvgIpc) is 2.99. The minimum absolute atomic E-state index is 0.0282. The van der Waals surface area contributed by atoms with Crippen molar-refractivity contribution in [3.63, 3.8) is 0 Å². The van der Waals surface area contributed by atoms with Gasteiger partial charge in [0.25, 0.3) is 5.91 Å². The number of halogens is 1. The molecule has 1 saturated carbocycles. The summed E-state index contributed by atoms with van der Waals surface area (Å²) in [6.45, 7) is -0.159. The van der Waals surface area contributed by atoms with Gasteiger partial charge in [0, 0.05) is 35.6 Å². The van der Waals surface area contributed by atoms with E-state index in [1.807, 2.05) is 54.6 Å². The van der Waals surface area contributed by atoms with Gasteiger partial charge in [-0.1, -0.05) is 77.7 Å². The van der Waals surface area contributed by atoms with E-state index in [0.29, 0.717) is 6.42 Å². The maximum absolute atomic E-state index is 13.8. The highest BCUT2D eigenvalue weighted by Crippen LogP contribution is 2.31. The highest BCUT2D eigenvalue weighted by molar-refractivity contribution is 9.10. The van der Waals surface area contributed by atoms with Crippen LogP contribution in [0.1, 0.15) is 43.2 Å². The minimum atomic E-state index is -0.773. The number of rotatable bonds is 12. The zero-order valence-electron chi connectivity index (χ0n) is 23.0. The highest BCUT2D eigenvalue weighted by atomic mass is 79.9. The standard InChI is InChI=1S/C31H34BrN3O6/c1-40-29-19-26(16-17-27(29)35(38)39)41-21-30(36)34(20-23-12-14-24(32)15-13-23)28(18-22-8-4-2-5-9-22)31(37)33-25-10-6-3-7-11-25/h2,4-5,8-9,12-17,19,25,28H,3,6-7,10-11,18,20-21H2,1H3,(H,33,37)/t28-/m0/s1. The molecule has 216 valence electrons. The number of nitro groups is 1. The first-order valence-corrected chi connectivity index (χ1v) is 14.5. The molecule has 0 bridgehead atoms. The van der Waals surface area contributed by atoms with Crippen molar-refractivity contribution < 1.29 is 24.0 Å². The largest absolute Gasteiger partial charge is 0.490 e. The molecule has 1 aliphatic rings. The van der Waals surface area contributed by atoms with Crippen LogP contribution in [-0.4, -0.2) is 47.4 Å². The fourth-order valence-electron chi connectivity index (χ4n) is 5.01. The minimum Gasteiger partial charge on any atom is -0.490 e. The fourth-order valence-corrected chi connectivity index (χ4v) is 5.28. The van der Waals surface area contributed by atoms with Gasteiger partial charge in [0.05, 0.1) is 12.0 Å². The molecule has 3 aromatic carbocycles. The van der Waals surface area contributed by atoms with Gasteiger partial charge in [-0.05, 0) is 42.2 Å². The molecular formula is C31H34BrN3O6. The van der Waals surface area contributed by atoms with E-state index in [2.05, 4.69) is 21.2 Å². The molecular weight excluding hydrogens is 590 g/mol. The van der Waals surface area contributed by atoms with E-state index in [4.69, 9.17) is 9.47 Å². The van der Waals surface area contributed by atoms with Gasteiger partial charge in [0.15, 0.2) is 6.61 Å². The first-order chi connectivity index (χ1) is 19.8. The molecule has 0 saturated heterocycles. The number of carbonyl (C=O) groups is 2. The molecule has 1 fully saturated rings. The van der Waals surface area contributed by atoms with E-state index in [-0.39, 0.29) is 48.2 Å². The highest BCUT2D eigenvalue weighted by Gasteiger charge is 2.32. The van der Waals surface area contributed by atoms with Crippen LogP contribution in [0.3, 0.4) is 0 Å². The lowest BCUT2D eigenvalue weighted by Crippen LogP contribution is -2.53. The number of methoxy groups -OCH3 is 1. The molecule has 3 aromatic rings. The van der Waals surface area contributed by atoms with Crippen LogP contribution in [0.2, 0.25) is 0 Å². The van der Waals surface area contributed by atoms with E-state index < -0.39 is 11.0 Å². The first kappa shape index (κ1) is 30.0. The van der Waals surface area contributed by atoms with E-state index in [9.17, 15) is 19.7 Å². The molecule has 2 amide bonds. The van der Waals surface area contributed by atoms with Crippen molar-refractivity contribution in [2.75, 3.05) is 13.7 Å². The number of nitro benzene ring substituents is 1. The van der Waals surface area contributed by atoms with Gasteiger partial charge >= 0.3 is 5.69 Å². The SMILES string of the molecule is COc1cc(OCC(=O)N(Cc2ccc(Br)cc2)[C@@H](Cc2ccccc2)C(=O)NC2CCCCC2)ccc1[N+](=O)[O-]. The second-order valence-corrected chi connectivity index (χ2v) is 11.0. The lowest BCUT2D eigenvalue weighted by molar-refractivity contribution is -0.385. The Kier molecular flexibility index (Phi) is 10.7. The van der Waals surface area contributed by atoms with E-state index in [0.717, 1.165) is 41.3 Å². The van der Waals surface area contributed by atoms with Crippen LogP contribution in [0, 0.1) is 10.1 Å². The summed E-state index contributed by atoms with van der Waals surface area (Å²) in [5, 5.41) is 14.5. The average molecular weight is 625 g/mol. The summed E-state index contributed by atoms with van der Waals surface area (Å²) < 4.78 is 11.8. The lowest BCUT2D eigenvalue weighted by Gasteiger charge is -2.33. The Morgan fingerprint density at radius 2 is 1.73 bits per heavy atom. The Morgan fingerprint density at radius 1 is 1.02 bits per heavy atom. The molecule has 1 aliphatic carbocycles. The van der Waals surface area contributed by atoms with Crippen LogP contribution in [0.5, 0.6) is 11.5 Å². The van der Waals surface area contributed by atoms with E-state index >= 15 is 0 Å². The van der Waals surface area contributed by atoms with E-state index in [1.54, 1.807) is 4.90 Å². The van der Waals surface area contributed by atoms with Crippen LogP contribution >= 0.6 is 15.9 Å². The molecule has 1 N–H and O–H groups in total. The topological polar surface area (TPSA) is 111 Å². The molecule has 0 spiro atoms. The third-order valence-corrected chi connectivity index (χ3v) is 7.73. The maximum Gasteiger partial charge on any atom is 0.311 e. The number of nitrogens with one attached hydrogen (secondary N) is 1. The zero-order chi connectivity index (χ0) is 29.2. The molecule has 1 atom stereocenters. The van der Waals surface area contributed by atoms with Gasteiger partial charge in [-0.25, -0.2) is 0 Å². The third-order valence-electron chi connectivity index (χ3n) is 7.20. The summed E-state index contributed by atoms with van der Waals surface area (Å²) in [6.07, 6.45) is 5.50. The summed E-state index contributed by atoms with van der Waals surface area (Å²) >= 11 is 3.45. The quantitative estimate of drug-likeness (QED) is 0.201. The third kappa shape index (κ3) is 8.53. The summed E-state index contributed by atoms with van der Waals surface area (Å²) in [5.41, 5.74) is 1.60. The fraction of sp³-hybridized carbons (Fsp3) is 0.355. The molecule has 41 heavy (non-hydrogen) atoms. The van der Waals surface area contributed by atoms with Gasteiger partial charge in [0.2, 0.25) is 11.7 Å². The predicted molar refractivity (Wildman–Crippen MR) is 159 cm³/mol. The summed E-state index contributed by atoms with van der Waals surface area (Å²) in [7, 11) is 1.33. The first-order valence-electron chi connectivity index (χ1n) is 13.7. The van der Waals surface area contributed by atoms with Gasteiger partial charge < -0.3 is 19.7 Å². The maximum atomic E-state index is 13.8. The van der Waals surface area contributed by atoms with Crippen molar-refractivity contribution in [1.82, 2.24) is 10.2 Å². The Balaban J connectivity index is 1.61. The number of benzene rings is 3. The summed E-state index contributed by atoms with van der Waals surface area (Å²) in [6, 6.07) is 20.6. The van der Waals surface area contributed by atoms with E-state index in [1.165, 1.54) is 31.7 Å². The van der Waals surface area contributed by atoms with Crippen molar-refractivity contribution in [2.45, 2.75) is 57.2 Å². The number of hydrogen-bond donors (Lipinski definition) is 1. The lowest BCUT2D eigenvalue weighted by atomic mass is 9.94. The monoisotopic (exact) mass is 623 g/mol. The number of ether oxygens (including phenoxy) is 2. The Labute approximate surface area is 248 Å². The Bertz CT molecular complexity index is 1330. The number of amides is 2. The number of carbonyl (C=O) groups excluding carboxylic acids is 2. The van der Waals surface area contributed by atoms with Crippen molar-refractivity contribution in [1.29, 1.82) is 0 Å². The van der Waals surface area contributed by atoms with Crippen LogP contribution in [0.4, 0.5) is 5.69 Å². The molecule has 10 heteroatoms. The number of hydrogen-bond acceptors (Lipinski definition) is 6. The molecule has 0 radical (unpaired) electrons. The second-order valence-electron chi connectivity index (χ2n) is 10.1. The zero-order valence-corrected chi connectivity index (χ0v) is 24.5. The number of nitrogens with zero attached hydrogens (tertiary/aromatic N) is 2. The second kappa shape index (κ2) is 14.6. The van der Waals surface area contributed by atoms with Crippen molar-refractivity contribution >= 4 is 33.4 Å². The molecule has 0 unspecified atom stereocenters. The van der Waals surface area contributed by atoms with Crippen molar-refractivity contribution in [2.24, 2.45) is 0 Å². The normalized spacial score (nSPS) is 14.1. The van der Waals surface area contributed by atoms with Gasteiger partial charge in [0.1, 0.15) is 11.8 Å². The summed E-state index contributed by atoms with van der Waals surface area (Å²) in [4.78, 5) is 39.9. The molecule has 0 heterocycles. The summed E-state index contributed by atoms with van der Waals surface area (Å²) in [5.74, 6) is -0.302. The molecule has 0 aliphatic heterocycles. The Hall–Kier alpha value is -3.92.